The van der Waals surface area contributed by atoms with Crippen LogP contribution in [0.3, 0.4) is 0 Å². The van der Waals surface area contributed by atoms with Gasteiger partial charge >= 0.3 is 11.5 Å². The van der Waals surface area contributed by atoms with E-state index in [1.807, 2.05) is 0 Å². The summed E-state index contributed by atoms with van der Waals surface area (Å²) in [6, 6.07) is 12.3. The second kappa shape index (κ2) is 9.35. The number of sulfone groups is 1. The Kier molecular flexibility index (Phi) is 6.38. The zero-order chi connectivity index (χ0) is 28.2. The normalized spacial score (nSPS) is 16.6. The fourth-order valence-electron chi connectivity index (χ4n) is 4.32. The van der Waals surface area contributed by atoms with E-state index in [-0.39, 0.29) is 28.6 Å². The van der Waals surface area contributed by atoms with Gasteiger partial charge in [0.25, 0.3) is 21.7 Å². The molecular formula is C25H18ClF3N4O5S. The average Bonchev–Trinajstić information content (AvgIpc) is 3.66. The molecule has 1 N–H and O–H groups in total. The highest BCUT2D eigenvalue weighted by atomic mass is 35.5. The summed E-state index contributed by atoms with van der Waals surface area (Å²) >= 11 is 6.07. The molecule has 39 heavy (non-hydrogen) atoms. The van der Waals surface area contributed by atoms with Gasteiger partial charge in [0.1, 0.15) is 11.4 Å². The summed E-state index contributed by atoms with van der Waals surface area (Å²) in [6.07, 6.45) is 2.20. The second-order valence-electron chi connectivity index (χ2n) is 8.97. The number of hydrogen-bond acceptors (Lipinski definition) is 6. The van der Waals surface area contributed by atoms with Crippen LogP contribution in [0.5, 0.6) is 0 Å². The first kappa shape index (κ1) is 26.6. The highest BCUT2D eigenvalue weighted by molar-refractivity contribution is 7.92. The fraction of sp³-hybridized carbons (Fsp3) is 0.200. The van der Waals surface area contributed by atoms with Crippen LogP contribution in [-0.2, 0) is 21.2 Å². The number of urea groups is 1. The van der Waals surface area contributed by atoms with Crippen LogP contribution in [0.2, 0.25) is 5.02 Å². The second-order valence-corrected chi connectivity index (χ2v) is 11.3. The number of halogens is 4. The van der Waals surface area contributed by atoms with E-state index in [4.69, 9.17) is 11.6 Å². The molecule has 0 unspecified atom stereocenters. The van der Waals surface area contributed by atoms with Crippen LogP contribution in [0.1, 0.15) is 28.8 Å². The van der Waals surface area contributed by atoms with Crippen molar-refractivity contribution < 1.29 is 36.0 Å². The molecule has 1 aliphatic carbocycles. The zero-order valence-electron chi connectivity index (χ0n) is 19.8. The van der Waals surface area contributed by atoms with Gasteiger partial charge in [-0.25, -0.2) is 23.1 Å². The molecule has 9 nitrogen and oxygen atoms in total. The van der Waals surface area contributed by atoms with E-state index in [1.54, 1.807) is 36.4 Å². The minimum absolute atomic E-state index is 0.0148. The van der Waals surface area contributed by atoms with E-state index < -0.39 is 43.6 Å². The Morgan fingerprint density at radius 2 is 1.72 bits per heavy atom. The van der Waals surface area contributed by atoms with Crippen molar-refractivity contribution in [3.05, 3.63) is 83.0 Å². The lowest BCUT2D eigenvalue weighted by molar-refractivity contribution is -0.120. The van der Waals surface area contributed by atoms with Gasteiger partial charge in [-0.3, -0.25) is 9.59 Å². The molecular weight excluding hydrogens is 561 g/mol. The van der Waals surface area contributed by atoms with Crippen LogP contribution < -0.4 is 10.2 Å². The molecule has 2 heterocycles. The van der Waals surface area contributed by atoms with Crippen molar-refractivity contribution in [1.82, 2.24) is 9.88 Å². The summed E-state index contributed by atoms with van der Waals surface area (Å²) in [5.41, 5.74) is -5.85. The van der Waals surface area contributed by atoms with E-state index in [9.17, 15) is 36.0 Å². The smallest absolute Gasteiger partial charge is 0.307 e. The lowest BCUT2D eigenvalue weighted by Gasteiger charge is -2.21. The first-order chi connectivity index (χ1) is 18.3. The number of pyridine rings is 1. The summed E-state index contributed by atoms with van der Waals surface area (Å²) in [6.45, 7) is -0.0148. The Morgan fingerprint density at radius 3 is 2.33 bits per heavy atom. The quantitative estimate of drug-likeness (QED) is 0.421. The molecule has 2 aromatic carbocycles. The third-order valence-corrected chi connectivity index (χ3v) is 8.33. The summed E-state index contributed by atoms with van der Waals surface area (Å²) < 4.78 is 61.9. The Morgan fingerprint density at radius 1 is 1.05 bits per heavy atom. The van der Waals surface area contributed by atoms with Crippen LogP contribution in [-0.4, -0.2) is 47.2 Å². The monoisotopic (exact) mass is 578 g/mol. The molecule has 1 aromatic heterocycles. The van der Waals surface area contributed by atoms with Gasteiger partial charge in [0.15, 0.2) is 0 Å². The number of nitrogens with zero attached hydrogens (tertiary/aromatic N) is 3. The fourth-order valence-corrected chi connectivity index (χ4v) is 5.31. The van der Waals surface area contributed by atoms with Crippen molar-refractivity contribution in [2.45, 2.75) is 35.3 Å². The Balaban J connectivity index is 1.36. The van der Waals surface area contributed by atoms with Crippen LogP contribution >= 0.6 is 11.6 Å². The predicted octanol–water partition coefficient (Wildman–Crippen LogP) is 4.78. The highest BCUT2D eigenvalue weighted by Gasteiger charge is 2.65. The zero-order valence-corrected chi connectivity index (χ0v) is 21.3. The van der Waals surface area contributed by atoms with Gasteiger partial charge in [-0.1, -0.05) is 23.7 Å². The van der Waals surface area contributed by atoms with Crippen LogP contribution in [0.4, 0.5) is 29.5 Å². The number of hydrogen-bond donors (Lipinski definition) is 1. The maximum absolute atomic E-state index is 13.3. The number of imide groups is 1. The number of alkyl halides is 3. The summed E-state index contributed by atoms with van der Waals surface area (Å²) in [5.74, 6) is -0.850. The number of nitrogens with one attached hydrogen (secondary N) is 1. The molecule has 2 aliphatic rings. The minimum Gasteiger partial charge on any atom is -0.307 e. The van der Waals surface area contributed by atoms with Crippen molar-refractivity contribution in [3.63, 3.8) is 0 Å². The Hall–Kier alpha value is -3.97. The van der Waals surface area contributed by atoms with Gasteiger partial charge < -0.3 is 10.2 Å². The third-order valence-electron chi connectivity index (χ3n) is 6.50. The number of amides is 4. The Labute approximate surface area is 225 Å². The molecule has 0 radical (unpaired) electrons. The number of benzene rings is 2. The molecule has 0 atom stereocenters. The number of rotatable bonds is 6. The average molecular weight is 579 g/mol. The molecule has 202 valence electrons. The molecule has 1 saturated heterocycles. The van der Waals surface area contributed by atoms with Crippen LogP contribution in [0, 0.1) is 0 Å². The lowest BCUT2D eigenvalue weighted by Crippen LogP contribution is -2.36. The largest absolute Gasteiger partial charge is 0.501 e. The molecule has 5 rings (SSSR count). The minimum atomic E-state index is -5.58. The molecule has 14 heteroatoms. The van der Waals surface area contributed by atoms with E-state index >= 15 is 0 Å². The summed E-state index contributed by atoms with van der Waals surface area (Å²) in [5, 5.41) is 2.90. The predicted molar refractivity (Wildman–Crippen MR) is 134 cm³/mol. The summed E-state index contributed by atoms with van der Waals surface area (Å²) in [4.78, 5) is 44.5. The van der Waals surface area contributed by atoms with Crippen LogP contribution in [0.25, 0.3) is 0 Å². The third kappa shape index (κ3) is 4.61. The number of carbonyl (C=O) groups excluding carboxylic acids is 3. The number of anilines is 2. The maximum Gasteiger partial charge on any atom is 0.501 e. The standard InChI is InChI=1S/C25H18ClF3N4O5S/c26-19-4-2-1-3-18(19)21(34)31-20-13-15(9-12-30-20)14-32-23(36)33(22(35)24(32)10-11-24)16-5-7-17(8-6-16)39(37,38)25(27,28)29/h1-9,12-13H,10-11,14H2,(H,30,31,34). The molecule has 1 spiro atoms. The van der Waals surface area contributed by atoms with Crippen molar-refractivity contribution in [2.24, 2.45) is 0 Å². The molecule has 3 aromatic rings. The SMILES string of the molecule is O=C(Nc1cc(CN2C(=O)N(c3ccc(S(=O)(=O)C(F)(F)F)cc3)C(=O)C23CC3)ccn1)c1ccccc1Cl. The molecule has 0 bridgehead atoms. The van der Waals surface area contributed by atoms with Crippen molar-refractivity contribution in [1.29, 1.82) is 0 Å². The van der Waals surface area contributed by atoms with E-state index in [1.165, 1.54) is 11.1 Å². The van der Waals surface area contributed by atoms with Gasteiger partial charge in [-0.15, -0.1) is 0 Å². The molecule has 1 saturated carbocycles. The van der Waals surface area contributed by atoms with Gasteiger partial charge in [0, 0.05) is 12.7 Å². The van der Waals surface area contributed by atoms with Gasteiger partial charge in [-0.05, 0) is 66.9 Å². The lowest BCUT2D eigenvalue weighted by atomic mass is 10.2. The van der Waals surface area contributed by atoms with Crippen molar-refractivity contribution in [3.8, 4) is 0 Å². The van der Waals surface area contributed by atoms with Gasteiger partial charge in [0.05, 0.1) is 21.2 Å². The topological polar surface area (TPSA) is 117 Å². The molecule has 1 aliphatic heterocycles. The Bertz CT molecular complexity index is 1610. The number of carbonyl (C=O) groups is 3. The molecule has 4 amide bonds. The van der Waals surface area contributed by atoms with Crippen molar-refractivity contribution >= 4 is 50.8 Å². The van der Waals surface area contributed by atoms with E-state index in [2.05, 4.69) is 10.3 Å². The van der Waals surface area contributed by atoms with E-state index in [0.29, 0.717) is 30.5 Å². The highest BCUT2D eigenvalue weighted by Crippen LogP contribution is 2.49. The number of aromatic nitrogens is 1. The van der Waals surface area contributed by atoms with Gasteiger partial charge in [-0.2, -0.15) is 13.2 Å². The van der Waals surface area contributed by atoms with E-state index in [0.717, 1.165) is 17.0 Å². The first-order valence-electron chi connectivity index (χ1n) is 11.4. The molecule has 2 fully saturated rings. The maximum atomic E-state index is 13.3. The summed E-state index contributed by atoms with van der Waals surface area (Å²) in [7, 11) is -5.58. The van der Waals surface area contributed by atoms with Gasteiger partial charge in [0.2, 0.25) is 0 Å². The van der Waals surface area contributed by atoms with Crippen molar-refractivity contribution in [2.75, 3.05) is 10.2 Å². The van der Waals surface area contributed by atoms with Crippen LogP contribution in [0.15, 0.2) is 71.8 Å². The first-order valence-corrected chi connectivity index (χ1v) is 13.3.